The largest absolute Gasteiger partial charge is 0.484 e. The molecule has 1 atom stereocenters. The van der Waals surface area contributed by atoms with Crippen LogP contribution < -0.4 is 20.7 Å². The van der Waals surface area contributed by atoms with Crippen LogP contribution in [0.25, 0.3) is 0 Å². The molecule has 148 valence electrons. The third kappa shape index (κ3) is 5.87. The highest BCUT2D eigenvalue weighted by atomic mass is 16.5. The molecule has 1 aromatic carbocycles. The summed E-state index contributed by atoms with van der Waals surface area (Å²) in [6.07, 6.45) is 3.38. The second-order valence-electron chi connectivity index (χ2n) is 6.67. The van der Waals surface area contributed by atoms with Gasteiger partial charge in [-0.1, -0.05) is 6.07 Å². The zero-order valence-corrected chi connectivity index (χ0v) is 15.6. The van der Waals surface area contributed by atoms with Gasteiger partial charge >= 0.3 is 0 Å². The van der Waals surface area contributed by atoms with Gasteiger partial charge in [-0.15, -0.1) is 0 Å². The second-order valence-corrected chi connectivity index (χ2v) is 6.67. The molecule has 1 heterocycles. The standard InChI is InChI=1S/C20H23N3O5/c1-13(19(25)21-11-17-6-3-9-27-17)22-18(24)12-28-16-5-2-4-15(10-16)23-20(26)14-7-8-14/h2-6,9-10,13-14H,7-8,11-12H2,1H3,(H,21,25)(H,22,24)(H,23,26). The lowest BCUT2D eigenvalue weighted by Gasteiger charge is -2.14. The fourth-order valence-corrected chi connectivity index (χ4v) is 2.49. The summed E-state index contributed by atoms with van der Waals surface area (Å²) in [6, 6.07) is 9.62. The first kappa shape index (κ1) is 19.5. The van der Waals surface area contributed by atoms with Crippen molar-refractivity contribution in [3.63, 3.8) is 0 Å². The molecule has 3 rings (SSSR count). The molecule has 1 aromatic heterocycles. The van der Waals surface area contributed by atoms with Crippen molar-refractivity contribution in [1.82, 2.24) is 10.6 Å². The van der Waals surface area contributed by atoms with Crippen LogP contribution in [0.2, 0.25) is 0 Å². The zero-order valence-electron chi connectivity index (χ0n) is 15.6. The Morgan fingerprint density at radius 2 is 2.04 bits per heavy atom. The van der Waals surface area contributed by atoms with Crippen molar-refractivity contribution in [2.24, 2.45) is 5.92 Å². The topological polar surface area (TPSA) is 110 Å². The molecular weight excluding hydrogens is 362 g/mol. The second kappa shape index (κ2) is 9.07. The number of rotatable bonds is 9. The first-order chi connectivity index (χ1) is 13.5. The van der Waals surface area contributed by atoms with Gasteiger partial charge in [0.1, 0.15) is 17.6 Å². The van der Waals surface area contributed by atoms with E-state index in [1.54, 1.807) is 43.3 Å². The van der Waals surface area contributed by atoms with Gasteiger partial charge in [0.25, 0.3) is 5.91 Å². The molecule has 2 aromatic rings. The number of carbonyl (C=O) groups excluding carboxylic acids is 3. The van der Waals surface area contributed by atoms with E-state index in [9.17, 15) is 14.4 Å². The molecule has 3 amide bonds. The summed E-state index contributed by atoms with van der Waals surface area (Å²) in [5.74, 6) is 0.449. The van der Waals surface area contributed by atoms with Gasteiger partial charge in [-0.2, -0.15) is 0 Å². The van der Waals surface area contributed by atoms with Crippen LogP contribution in [0.5, 0.6) is 5.75 Å². The number of carbonyl (C=O) groups is 3. The fourth-order valence-electron chi connectivity index (χ4n) is 2.49. The van der Waals surface area contributed by atoms with Crippen molar-refractivity contribution in [3.8, 4) is 5.75 Å². The molecule has 3 N–H and O–H groups in total. The maximum absolute atomic E-state index is 12.0. The van der Waals surface area contributed by atoms with Crippen LogP contribution in [0.1, 0.15) is 25.5 Å². The van der Waals surface area contributed by atoms with Gasteiger partial charge in [-0.05, 0) is 44.0 Å². The van der Waals surface area contributed by atoms with Crippen molar-refractivity contribution in [3.05, 3.63) is 48.4 Å². The number of amides is 3. The first-order valence-electron chi connectivity index (χ1n) is 9.14. The minimum Gasteiger partial charge on any atom is -0.484 e. The molecule has 0 radical (unpaired) electrons. The number of anilines is 1. The molecule has 0 saturated heterocycles. The van der Waals surface area contributed by atoms with Crippen LogP contribution >= 0.6 is 0 Å². The summed E-state index contributed by atoms with van der Waals surface area (Å²) in [7, 11) is 0. The number of hydrogen-bond acceptors (Lipinski definition) is 5. The lowest BCUT2D eigenvalue weighted by molar-refractivity contribution is -0.129. The molecule has 8 heteroatoms. The van der Waals surface area contributed by atoms with E-state index in [-0.39, 0.29) is 30.9 Å². The SMILES string of the molecule is CC(NC(=O)COc1cccc(NC(=O)C2CC2)c1)C(=O)NCc1ccco1. The van der Waals surface area contributed by atoms with E-state index in [0.29, 0.717) is 17.2 Å². The maximum atomic E-state index is 12.0. The molecule has 1 fully saturated rings. The summed E-state index contributed by atoms with van der Waals surface area (Å²) in [6.45, 7) is 1.60. The number of nitrogens with one attached hydrogen (secondary N) is 3. The predicted octanol–water partition coefficient (Wildman–Crippen LogP) is 1.83. The van der Waals surface area contributed by atoms with Crippen LogP contribution in [-0.2, 0) is 20.9 Å². The van der Waals surface area contributed by atoms with Gasteiger partial charge < -0.3 is 25.1 Å². The van der Waals surface area contributed by atoms with Gasteiger partial charge in [0.15, 0.2) is 6.61 Å². The summed E-state index contributed by atoms with van der Waals surface area (Å²) in [5, 5.41) is 8.07. The van der Waals surface area contributed by atoms with E-state index in [4.69, 9.17) is 9.15 Å². The number of benzene rings is 1. The summed E-state index contributed by atoms with van der Waals surface area (Å²) < 4.78 is 10.6. The molecule has 0 bridgehead atoms. The Kier molecular flexibility index (Phi) is 6.31. The summed E-state index contributed by atoms with van der Waals surface area (Å²) >= 11 is 0. The molecule has 1 aliphatic carbocycles. The quantitative estimate of drug-likeness (QED) is 0.610. The van der Waals surface area contributed by atoms with Crippen LogP contribution in [-0.4, -0.2) is 30.4 Å². The van der Waals surface area contributed by atoms with E-state index >= 15 is 0 Å². The van der Waals surface area contributed by atoms with Gasteiger partial charge in [-0.3, -0.25) is 14.4 Å². The van der Waals surface area contributed by atoms with Gasteiger partial charge in [0, 0.05) is 17.7 Å². The van der Waals surface area contributed by atoms with Crippen LogP contribution in [0.3, 0.4) is 0 Å². The average Bonchev–Trinajstić information content (AvgIpc) is 3.41. The minimum absolute atomic E-state index is 0.00396. The Morgan fingerprint density at radius 1 is 1.21 bits per heavy atom. The highest BCUT2D eigenvalue weighted by Crippen LogP contribution is 2.30. The summed E-state index contributed by atoms with van der Waals surface area (Å²) in [4.78, 5) is 35.8. The highest BCUT2D eigenvalue weighted by Gasteiger charge is 2.29. The molecule has 8 nitrogen and oxygen atoms in total. The number of hydrogen-bond donors (Lipinski definition) is 3. The Morgan fingerprint density at radius 3 is 2.75 bits per heavy atom. The Labute approximate surface area is 162 Å². The minimum atomic E-state index is -0.713. The number of ether oxygens (including phenoxy) is 1. The highest BCUT2D eigenvalue weighted by molar-refractivity contribution is 5.94. The number of furan rings is 1. The Hall–Kier alpha value is -3.29. The molecular formula is C20H23N3O5. The monoisotopic (exact) mass is 385 g/mol. The van der Waals surface area contributed by atoms with Gasteiger partial charge in [0.2, 0.25) is 11.8 Å². The lowest BCUT2D eigenvalue weighted by Crippen LogP contribution is -2.46. The third-order valence-electron chi connectivity index (χ3n) is 4.21. The van der Waals surface area contributed by atoms with Gasteiger partial charge in [-0.25, -0.2) is 0 Å². The van der Waals surface area contributed by atoms with E-state index in [0.717, 1.165) is 12.8 Å². The van der Waals surface area contributed by atoms with Crippen molar-refractivity contribution in [2.75, 3.05) is 11.9 Å². The van der Waals surface area contributed by atoms with Crippen LogP contribution in [0.4, 0.5) is 5.69 Å². The molecule has 28 heavy (non-hydrogen) atoms. The van der Waals surface area contributed by atoms with E-state index in [2.05, 4.69) is 16.0 Å². The smallest absolute Gasteiger partial charge is 0.258 e. The van der Waals surface area contributed by atoms with Gasteiger partial charge in [0.05, 0.1) is 12.8 Å². The molecule has 1 unspecified atom stereocenters. The van der Waals surface area contributed by atoms with Crippen molar-refractivity contribution in [2.45, 2.75) is 32.4 Å². The molecule has 0 spiro atoms. The van der Waals surface area contributed by atoms with E-state index in [1.165, 1.54) is 6.26 Å². The maximum Gasteiger partial charge on any atom is 0.258 e. The Bertz CT molecular complexity index is 830. The predicted molar refractivity (Wildman–Crippen MR) is 101 cm³/mol. The third-order valence-corrected chi connectivity index (χ3v) is 4.21. The average molecular weight is 385 g/mol. The van der Waals surface area contributed by atoms with E-state index < -0.39 is 11.9 Å². The zero-order chi connectivity index (χ0) is 19.9. The molecule has 1 aliphatic rings. The lowest BCUT2D eigenvalue weighted by atomic mass is 10.3. The van der Waals surface area contributed by atoms with Crippen molar-refractivity contribution in [1.29, 1.82) is 0 Å². The first-order valence-corrected chi connectivity index (χ1v) is 9.14. The van der Waals surface area contributed by atoms with E-state index in [1.807, 2.05) is 0 Å². The van der Waals surface area contributed by atoms with Crippen LogP contribution in [0.15, 0.2) is 47.1 Å². The van der Waals surface area contributed by atoms with Crippen molar-refractivity contribution < 1.29 is 23.5 Å². The van der Waals surface area contributed by atoms with Crippen LogP contribution in [0, 0.1) is 5.92 Å². The summed E-state index contributed by atoms with van der Waals surface area (Å²) in [5.41, 5.74) is 0.625. The van der Waals surface area contributed by atoms with Crippen molar-refractivity contribution >= 4 is 23.4 Å². The molecule has 1 saturated carbocycles. The normalized spacial score (nSPS) is 14.0. The molecule has 0 aliphatic heterocycles. The Balaban J connectivity index is 1.40. The fraction of sp³-hybridized carbons (Fsp3) is 0.350.